The average molecular weight is 460 g/mol. The van der Waals surface area contributed by atoms with Gasteiger partial charge in [-0.2, -0.15) is 0 Å². The Bertz CT molecular complexity index is 848. The van der Waals surface area contributed by atoms with Gasteiger partial charge in [0.15, 0.2) is 0 Å². The molecule has 1 N–H and O–H groups in total. The summed E-state index contributed by atoms with van der Waals surface area (Å²) in [6.07, 6.45) is 1.39. The number of halogens is 1. The molecule has 1 aliphatic heterocycles. The summed E-state index contributed by atoms with van der Waals surface area (Å²) in [5, 5.41) is 3.89. The van der Waals surface area contributed by atoms with Crippen molar-refractivity contribution in [2.45, 2.75) is 36.5 Å². The zero-order valence-corrected chi connectivity index (χ0v) is 19.5. The first kappa shape index (κ1) is 23.6. The van der Waals surface area contributed by atoms with Crippen molar-refractivity contribution in [3.63, 3.8) is 0 Å². The Morgan fingerprint density at radius 1 is 1.03 bits per heavy atom. The van der Waals surface area contributed by atoms with Gasteiger partial charge in [0.1, 0.15) is 0 Å². The van der Waals surface area contributed by atoms with Crippen LogP contribution in [0.5, 0.6) is 0 Å². The SMILES string of the molecule is CC(CC(=O)N1CCCN(CC(=O)NCc2ccccc2)CC1)Sc1ccc(Cl)cc1. The molecule has 0 spiro atoms. The lowest BCUT2D eigenvalue weighted by Crippen LogP contribution is -2.40. The van der Waals surface area contributed by atoms with Crippen LogP contribution in [0.4, 0.5) is 0 Å². The van der Waals surface area contributed by atoms with E-state index < -0.39 is 0 Å². The quantitative estimate of drug-likeness (QED) is 0.605. The third-order valence-electron chi connectivity index (χ3n) is 5.25. The number of hydrogen-bond acceptors (Lipinski definition) is 4. The molecule has 3 rings (SSSR count). The van der Waals surface area contributed by atoms with Crippen LogP contribution in [0.25, 0.3) is 0 Å². The number of nitrogens with zero attached hydrogens (tertiary/aromatic N) is 2. The summed E-state index contributed by atoms with van der Waals surface area (Å²) < 4.78 is 0. The summed E-state index contributed by atoms with van der Waals surface area (Å²) in [6, 6.07) is 17.6. The fourth-order valence-electron chi connectivity index (χ4n) is 3.60. The molecular weight excluding hydrogens is 430 g/mol. The molecule has 5 nitrogen and oxygen atoms in total. The molecule has 0 radical (unpaired) electrons. The molecule has 2 amide bonds. The van der Waals surface area contributed by atoms with Gasteiger partial charge in [-0.15, -0.1) is 11.8 Å². The van der Waals surface area contributed by atoms with E-state index in [0.29, 0.717) is 26.1 Å². The first-order valence-electron chi connectivity index (χ1n) is 10.7. The summed E-state index contributed by atoms with van der Waals surface area (Å²) in [4.78, 5) is 30.3. The van der Waals surface area contributed by atoms with E-state index in [0.717, 1.165) is 41.5 Å². The highest BCUT2D eigenvalue weighted by atomic mass is 35.5. The van der Waals surface area contributed by atoms with Gasteiger partial charge in [0.05, 0.1) is 6.54 Å². The lowest BCUT2D eigenvalue weighted by atomic mass is 10.2. The van der Waals surface area contributed by atoms with Crippen LogP contribution in [0, 0.1) is 0 Å². The first-order valence-corrected chi connectivity index (χ1v) is 12.0. The van der Waals surface area contributed by atoms with E-state index in [4.69, 9.17) is 11.6 Å². The fraction of sp³-hybridized carbons (Fsp3) is 0.417. The number of carbonyl (C=O) groups is 2. The highest BCUT2D eigenvalue weighted by Gasteiger charge is 2.22. The summed E-state index contributed by atoms with van der Waals surface area (Å²) in [7, 11) is 0. The zero-order chi connectivity index (χ0) is 22.1. The first-order chi connectivity index (χ1) is 15.0. The van der Waals surface area contributed by atoms with Gasteiger partial charge in [-0.1, -0.05) is 48.9 Å². The van der Waals surface area contributed by atoms with Crippen LogP contribution >= 0.6 is 23.4 Å². The van der Waals surface area contributed by atoms with Crippen LogP contribution in [0.1, 0.15) is 25.3 Å². The van der Waals surface area contributed by atoms with Gasteiger partial charge >= 0.3 is 0 Å². The van der Waals surface area contributed by atoms with E-state index >= 15 is 0 Å². The van der Waals surface area contributed by atoms with Crippen LogP contribution in [0.3, 0.4) is 0 Å². The summed E-state index contributed by atoms with van der Waals surface area (Å²) >= 11 is 7.63. The van der Waals surface area contributed by atoms with Crippen molar-refractivity contribution in [1.29, 1.82) is 0 Å². The van der Waals surface area contributed by atoms with E-state index in [1.54, 1.807) is 11.8 Å². The minimum Gasteiger partial charge on any atom is -0.351 e. The second-order valence-electron chi connectivity index (χ2n) is 7.86. The Balaban J connectivity index is 1.39. The number of nitrogens with one attached hydrogen (secondary N) is 1. The Morgan fingerprint density at radius 2 is 1.77 bits per heavy atom. The van der Waals surface area contributed by atoms with Crippen LogP contribution in [0.15, 0.2) is 59.5 Å². The lowest BCUT2D eigenvalue weighted by molar-refractivity contribution is -0.130. The van der Waals surface area contributed by atoms with Gasteiger partial charge in [-0.25, -0.2) is 0 Å². The zero-order valence-electron chi connectivity index (χ0n) is 17.9. The van der Waals surface area contributed by atoms with E-state index in [1.165, 1.54) is 0 Å². The number of rotatable bonds is 8. The minimum atomic E-state index is 0.0246. The number of hydrogen-bond donors (Lipinski definition) is 1. The third-order valence-corrected chi connectivity index (χ3v) is 6.62. The predicted molar refractivity (Wildman–Crippen MR) is 127 cm³/mol. The van der Waals surface area contributed by atoms with Crippen LogP contribution < -0.4 is 5.32 Å². The van der Waals surface area contributed by atoms with Crippen molar-refractivity contribution in [1.82, 2.24) is 15.1 Å². The number of carbonyl (C=O) groups excluding carboxylic acids is 2. The van der Waals surface area contributed by atoms with Gasteiger partial charge in [0, 0.05) is 54.3 Å². The van der Waals surface area contributed by atoms with E-state index in [9.17, 15) is 9.59 Å². The molecule has 1 aliphatic rings. The summed E-state index contributed by atoms with van der Waals surface area (Å²) in [6.45, 7) is 5.97. The van der Waals surface area contributed by atoms with Crippen molar-refractivity contribution >= 4 is 35.2 Å². The minimum absolute atomic E-state index is 0.0246. The molecule has 2 aromatic carbocycles. The number of benzene rings is 2. The van der Waals surface area contributed by atoms with E-state index in [-0.39, 0.29) is 17.1 Å². The normalized spacial score (nSPS) is 15.9. The van der Waals surface area contributed by atoms with Gasteiger partial charge in [-0.05, 0) is 36.2 Å². The fourth-order valence-corrected chi connectivity index (χ4v) is 4.71. The smallest absolute Gasteiger partial charge is 0.234 e. The molecule has 1 unspecified atom stereocenters. The van der Waals surface area contributed by atoms with Gasteiger partial charge in [0.25, 0.3) is 0 Å². The Morgan fingerprint density at radius 3 is 2.52 bits per heavy atom. The maximum absolute atomic E-state index is 12.8. The Hall–Kier alpha value is -2.02. The molecule has 0 aliphatic carbocycles. The standard InChI is InChI=1S/C24H30ClN3O2S/c1-19(31-22-10-8-21(25)9-11-22)16-24(30)28-13-5-12-27(14-15-28)18-23(29)26-17-20-6-3-2-4-7-20/h2-4,6-11,19H,5,12-18H2,1H3,(H,26,29). The second kappa shape index (κ2) is 12.1. The van der Waals surface area contributed by atoms with Crippen molar-refractivity contribution in [3.05, 3.63) is 65.2 Å². The van der Waals surface area contributed by atoms with Crippen LogP contribution in [-0.2, 0) is 16.1 Å². The maximum atomic E-state index is 12.8. The molecule has 0 bridgehead atoms. The number of thioether (sulfide) groups is 1. The van der Waals surface area contributed by atoms with Gasteiger partial charge in [-0.3, -0.25) is 14.5 Å². The molecule has 166 valence electrons. The molecule has 2 aromatic rings. The highest BCUT2D eigenvalue weighted by Crippen LogP contribution is 2.27. The van der Waals surface area contributed by atoms with Crippen molar-refractivity contribution in [2.75, 3.05) is 32.7 Å². The molecule has 0 aromatic heterocycles. The highest BCUT2D eigenvalue weighted by molar-refractivity contribution is 8.00. The molecule has 1 heterocycles. The maximum Gasteiger partial charge on any atom is 0.234 e. The summed E-state index contributed by atoms with van der Waals surface area (Å²) in [5.74, 6) is 0.209. The largest absolute Gasteiger partial charge is 0.351 e. The second-order valence-corrected chi connectivity index (χ2v) is 9.81. The molecule has 31 heavy (non-hydrogen) atoms. The predicted octanol–water partition coefficient (Wildman–Crippen LogP) is 4.06. The average Bonchev–Trinajstić information content (AvgIpc) is 3.00. The molecule has 1 atom stereocenters. The topological polar surface area (TPSA) is 52.7 Å². The summed E-state index contributed by atoms with van der Waals surface area (Å²) in [5.41, 5.74) is 1.09. The third kappa shape index (κ3) is 8.20. The van der Waals surface area contributed by atoms with E-state index in [2.05, 4.69) is 17.1 Å². The van der Waals surface area contributed by atoms with Crippen LogP contribution in [0.2, 0.25) is 5.02 Å². The molecule has 0 saturated carbocycles. The van der Waals surface area contributed by atoms with Gasteiger partial charge in [0.2, 0.25) is 11.8 Å². The van der Waals surface area contributed by atoms with Crippen LogP contribution in [-0.4, -0.2) is 59.6 Å². The monoisotopic (exact) mass is 459 g/mol. The molecule has 7 heteroatoms. The van der Waals surface area contributed by atoms with Crippen molar-refractivity contribution in [2.24, 2.45) is 0 Å². The van der Waals surface area contributed by atoms with Crippen molar-refractivity contribution < 1.29 is 9.59 Å². The van der Waals surface area contributed by atoms with Gasteiger partial charge < -0.3 is 10.2 Å². The molecule has 1 saturated heterocycles. The number of amides is 2. The van der Waals surface area contributed by atoms with Crippen molar-refractivity contribution in [3.8, 4) is 0 Å². The van der Waals surface area contributed by atoms with E-state index in [1.807, 2.05) is 59.5 Å². The Kier molecular flexibility index (Phi) is 9.25. The lowest BCUT2D eigenvalue weighted by Gasteiger charge is -2.23. The molecule has 1 fully saturated rings. The molecular formula is C24H30ClN3O2S. The Labute approximate surface area is 194 Å².